The van der Waals surface area contributed by atoms with Gasteiger partial charge in [0, 0.05) is 42.6 Å². The third kappa shape index (κ3) is 4.79. The van der Waals surface area contributed by atoms with E-state index < -0.39 is 0 Å². The van der Waals surface area contributed by atoms with Crippen LogP contribution in [0.3, 0.4) is 0 Å². The van der Waals surface area contributed by atoms with Gasteiger partial charge in [-0.25, -0.2) is 4.98 Å². The minimum Gasteiger partial charge on any atom is -0.368 e. The Morgan fingerprint density at radius 3 is 2.86 bits per heavy atom. The number of anilines is 1. The number of aromatic nitrogens is 2. The molecule has 0 unspecified atom stereocenters. The molecule has 0 aliphatic carbocycles. The van der Waals surface area contributed by atoms with Crippen molar-refractivity contribution in [1.29, 1.82) is 0 Å². The number of pyridine rings is 1. The summed E-state index contributed by atoms with van der Waals surface area (Å²) >= 11 is 1.70. The second-order valence-electron chi connectivity index (χ2n) is 5.74. The van der Waals surface area contributed by atoms with Crippen molar-refractivity contribution in [3.63, 3.8) is 0 Å². The molecule has 0 spiro atoms. The van der Waals surface area contributed by atoms with E-state index in [-0.39, 0.29) is 0 Å². The zero-order valence-corrected chi connectivity index (χ0v) is 14.1. The lowest BCUT2D eigenvalue weighted by Crippen LogP contribution is -2.23. The lowest BCUT2D eigenvalue weighted by Gasteiger charge is -2.21. The minimum atomic E-state index is 0.654. The second kappa shape index (κ2) is 7.52. The van der Waals surface area contributed by atoms with Crippen LogP contribution in [0.25, 0.3) is 0 Å². The van der Waals surface area contributed by atoms with Crippen molar-refractivity contribution in [3.8, 4) is 0 Å². The van der Waals surface area contributed by atoms with Crippen LogP contribution in [0, 0.1) is 12.8 Å². The number of thiazole rings is 1. The van der Waals surface area contributed by atoms with Crippen molar-refractivity contribution in [2.45, 2.75) is 33.9 Å². The van der Waals surface area contributed by atoms with Crippen LogP contribution >= 0.6 is 11.3 Å². The Balaban J connectivity index is 2.04. The van der Waals surface area contributed by atoms with Crippen LogP contribution < -0.4 is 10.2 Å². The van der Waals surface area contributed by atoms with Crippen LogP contribution in [-0.2, 0) is 13.1 Å². The Hall–Kier alpha value is -1.46. The number of nitrogens with zero attached hydrogens (tertiary/aromatic N) is 3. The first-order valence-electron chi connectivity index (χ1n) is 7.32. The van der Waals surface area contributed by atoms with Crippen molar-refractivity contribution < 1.29 is 0 Å². The molecule has 0 aliphatic rings. The Kier molecular flexibility index (Phi) is 5.70. The van der Waals surface area contributed by atoms with E-state index in [0.717, 1.165) is 30.3 Å². The first-order valence-corrected chi connectivity index (χ1v) is 8.20. The standard InChI is InChI=1S/C16H24N4S/c1-12(2)7-18-9-14-8-17-6-5-16(14)20(4)10-15-11-21-13(3)19-15/h5-6,8,11-12,18H,7,9-10H2,1-4H3. The molecule has 0 bridgehead atoms. The second-order valence-corrected chi connectivity index (χ2v) is 6.81. The molecule has 0 aromatic carbocycles. The highest BCUT2D eigenvalue weighted by molar-refractivity contribution is 7.09. The zero-order valence-electron chi connectivity index (χ0n) is 13.3. The van der Waals surface area contributed by atoms with Crippen LogP contribution in [0.2, 0.25) is 0 Å². The molecule has 1 N–H and O–H groups in total. The van der Waals surface area contributed by atoms with Gasteiger partial charge in [-0.3, -0.25) is 4.98 Å². The summed E-state index contributed by atoms with van der Waals surface area (Å²) in [6.07, 6.45) is 3.80. The normalized spacial score (nSPS) is 11.1. The maximum absolute atomic E-state index is 4.54. The fraction of sp³-hybridized carbons (Fsp3) is 0.500. The number of rotatable bonds is 7. The number of hydrogen-bond donors (Lipinski definition) is 1. The molecule has 0 fully saturated rings. The van der Waals surface area contributed by atoms with E-state index in [9.17, 15) is 0 Å². The third-order valence-electron chi connectivity index (χ3n) is 3.22. The molecule has 0 aliphatic heterocycles. The van der Waals surface area contributed by atoms with E-state index in [1.54, 1.807) is 11.3 Å². The Labute approximate surface area is 131 Å². The lowest BCUT2D eigenvalue weighted by atomic mass is 10.2. The molecule has 0 atom stereocenters. The molecule has 0 radical (unpaired) electrons. The van der Waals surface area contributed by atoms with Gasteiger partial charge in [-0.15, -0.1) is 11.3 Å². The molecular weight excluding hydrogens is 280 g/mol. The maximum Gasteiger partial charge on any atom is 0.0898 e. The molecule has 2 aromatic rings. The molecule has 0 saturated carbocycles. The van der Waals surface area contributed by atoms with E-state index >= 15 is 0 Å². The van der Waals surface area contributed by atoms with Gasteiger partial charge in [0.15, 0.2) is 0 Å². The van der Waals surface area contributed by atoms with Crippen molar-refractivity contribution in [1.82, 2.24) is 15.3 Å². The molecule has 2 aromatic heterocycles. The van der Waals surface area contributed by atoms with Gasteiger partial charge < -0.3 is 10.2 Å². The Morgan fingerprint density at radius 1 is 1.38 bits per heavy atom. The topological polar surface area (TPSA) is 41.1 Å². The van der Waals surface area contributed by atoms with E-state index in [2.05, 4.69) is 52.5 Å². The van der Waals surface area contributed by atoms with Gasteiger partial charge in [0.1, 0.15) is 0 Å². The van der Waals surface area contributed by atoms with E-state index in [4.69, 9.17) is 0 Å². The summed E-state index contributed by atoms with van der Waals surface area (Å²) < 4.78 is 0. The molecule has 5 heteroatoms. The zero-order chi connectivity index (χ0) is 15.2. The van der Waals surface area contributed by atoms with E-state index in [0.29, 0.717) is 5.92 Å². The van der Waals surface area contributed by atoms with Gasteiger partial charge in [0.2, 0.25) is 0 Å². The van der Waals surface area contributed by atoms with E-state index in [1.165, 1.54) is 11.3 Å². The van der Waals surface area contributed by atoms with Gasteiger partial charge in [0.25, 0.3) is 0 Å². The largest absolute Gasteiger partial charge is 0.368 e. The van der Waals surface area contributed by atoms with Crippen LogP contribution in [0.15, 0.2) is 23.8 Å². The summed E-state index contributed by atoms with van der Waals surface area (Å²) in [5, 5.41) is 6.73. The Morgan fingerprint density at radius 2 is 2.19 bits per heavy atom. The average molecular weight is 304 g/mol. The molecule has 21 heavy (non-hydrogen) atoms. The molecule has 2 rings (SSSR count). The van der Waals surface area contributed by atoms with Crippen molar-refractivity contribution in [2.75, 3.05) is 18.5 Å². The number of nitrogens with one attached hydrogen (secondary N) is 1. The predicted molar refractivity (Wildman–Crippen MR) is 89.7 cm³/mol. The first kappa shape index (κ1) is 15.9. The highest BCUT2D eigenvalue weighted by atomic mass is 32.1. The molecule has 0 saturated heterocycles. The van der Waals surface area contributed by atoms with Crippen LogP contribution in [0.5, 0.6) is 0 Å². The van der Waals surface area contributed by atoms with Gasteiger partial charge in [-0.2, -0.15) is 0 Å². The molecule has 2 heterocycles. The van der Waals surface area contributed by atoms with Gasteiger partial charge in [0.05, 0.1) is 17.2 Å². The molecule has 0 amide bonds. The summed E-state index contributed by atoms with van der Waals surface area (Å²) in [6.45, 7) is 9.17. The summed E-state index contributed by atoms with van der Waals surface area (Å²) in [7, 11) is 2.11. The van der Waals surface area contributed by atoms with Crippen molar-refractivity contribution in [2.24, 2.45) is 5.92 Å². The predicted octanol–water partition coefficient (Wildman–Crippen LogP) is 3.23. The first-order chi connectivity index (χ1) is 10.1. The van der Waals surface area contributed by atoms with Gasteiger partial charge >= 0.3 is 0 Å². The summed E-state index contributed by atoms with van der Waals surface area (Å²) in [5.74, 6) is 0.654. The van der Waals surface area contributed by atoms with Gasteiger partial charge in [-0.1, -0.05) is 13.8 Å². The number of aryl methyl sites for hydroxylation is 1. The van der Waals surface area contributed by atoms with Gasteiger partial charge in [-0.05, 0) is 25.5 Å². The molecule has 4 nitrogen and oxygen atoms in total. The van der Waals surface area contributed by atoms with E-state index in [1.807, 2.05) is 19.3 Å². The SMILES string of the molecule is Cc1nc(CN(C)c2ccncc2CNCC(C)C)cs1. The monoisotopic (exact) mass is 304 g/mol. The van der Waals surface area contributed by atoms with Crippen molar-refractivity contribution >= 4 is 17.0 Å². The average Bonchev–Trinajstić information content (AvgIpc) is 2.84. The smallest absolute Gasteiger partial charge is 0.0898 e. The quantitative estimate of drug-likeness (QED) is 0.852. The third-order valence-corrected chi connectivity index (χ3v) is 4.05. The Bertz CT molecular complexity index is 565. The van der Waals surface area contributed by atoms with Crippen molar-refractivity contribution in [3.05, 3.63) is 40.1 Å². The summed E-state index contributed by atoms with van der Waals surface area (Å²) in [5.41, 5.74) is 3.57. The highest BCUT2D eigenvalue weighted by Crippen LogP contribution is 2.20. The van der Waals surface area contributed by atoms with Crippen LogP contribution in [0.1, 0.15) is 30.1 Å². The maximum atomic E-state index is 4.54. The molecule has 114 valence electrons. The summed E-state index contributed by atoms with van der Waals surface area (Å²) in [6, 6.07) is 2.08. The molecular formula is C16H24N4S. The van der Waals surface area contributed by atoms with Crippen LogP contribution in [0.4, 0.5) is 5.69 Å². The summed E-state index contributed by atoms with van der Waals surface area (Å²) in [4.78, 5) is 11.0. The minimum absolute atomic E-state index is 0.654. The highest BCUT2D eigenvalue weighted by Gasteiger charge is 2.09. The lowest BCUT2D eigenvalue weighted by molar-refractivity contribution is 0.551. The fourth-order valence-electron chi connectivity index (χ4n) is 2.23. The fourth-order valence-corrected chi connectivity index (χ4v) is 2.84. The van der Waals surface area contributed by atoms with Crippen LogP contribution in [-0.4, -0.2) is 23.6 Å². The number of hydrogen-bond acceptors (Lipinski definition) is 5.